The molecular formula is C12H14BrN7. The van der Waals surface area contributed by atoms with Gasteiger partial charge in [-0.25, -0.2) is 4.68 Å². The van der Waals surface area contributed by atoms with Crippen molar-refractivity contribution in [1.82, 2.24) is 29.9 Å². The molecule has 7 nitrogen and oxygen atoms in total. The monoisotopic (exact) mass is 335 g/mol. The molecule has 3 rings (SSSR count). The van der Waals surface area contributed by atoms with Crippen molar-refractivity contribution in [1.29, 1.82) is 0 Å². The molecule has 0 aliphatic heterocycles. The third-order valence-electron chi connectivity index (χ3n) is 3.03. The summed E-state index contributed by atoms with van der Waals surface area (Å²) in [6, 6.07) is 0. The van der Waals surface area contributed by atoms with E-state index in [1.165, 1.54) is 0 Å². The topological polar surface area (TPSA) is 84.3 Å². The second kappa shape index (κ2) is 4.86. The van der Waals surface area contributed by atoms with E-state index in [-0.39, 0.29) is 0 Å². The largest absolute Gasteiger partial charge is 0.354 e. The maximum atomic E-state index is 4.55. The van der Waals surface area contributed by atoms with Crippen molar-refractivity contribution < 1.29 is 0 Å². The summed E-state index contributed by atoms with van der Waals surface area (Å²) in [6.07, 6.45) is 1.71. The van der Waals surface area contributed by atoms with Gasteiger partial charge in [-0.15, -0.1) is 0 Å². The van der Waals surface area contributed by atoms with Gasteiger partial charge in [0.15, 0.2) is 11.5 Å². The van der Waals surface area contributed by atoms with Crippen molar-refractivity contribution in [2.45, 2.75) is 20.8 Å². The van der Waals surface area contributed by atoms with Crippen LogP contribution in [0.25, 0.3) is 16.9 Å². The van der Waals surface area contributed by atoms with Gasteiger partial charge in [0.25, 0.3) is 0 Å². The molecular weight excluding hydrogens is 322 g/mol. The summed E-state index contributed by atoms with van der Waals surface area (Å²) in [5.41, 5.74) is 2.60. The Morgan fingerprint density at radius 3 is 2.80 bits per heavy atom. The van der Waals surface area contributed by atoms with Crippen LogP contribution < -0.4 is 5.32 Å². The van der Waals surface area contributed by atoms with Gasteiger partial charge in [0.1, 0.15) is 0 Å². The van der Waals surface area contributed by atoms with E-state index in [4.69, 9.17) is 0 Å². The molecule has 3 aromatic heterocycles. The van der Waals surface area contributed by atoms with Gasteiger partial charge in [0.2, 0.25) is 5.95 Å². The number of hydrogen-bond donors (Lipinski definition) is 2. The lowest BCUT2D eigenvalue weighted by Crippen LogP contribution is -2.08. The van der Waals surface area contributed by atoms with E-state index in [2.05, 4.69) is 46.5 Å². The van der Waals surface area contributed by atoms with Crippen LogP contribution in [0.1, 0.15) is 18.3 Å². The van der Waals surface area contributed by atoms with Crippen LogP contribution in [-0.2, 0) is 0 Å². The van der Waals surface area contributed by atoms with Gasteiger partial charge < -0.3 is 5.32 Å². The van der Waals surface area contributed by atoms with Crippen LogP contribution in [0.3, 0.4) is 0 Å². The lowest BCUT2D eigenvalue weighted by Gasteiger charge is -2.07. The predicted molar refractivity (Wildman–Crippen MR) is 80.1 cm³/mol. The van der Waals surface area contributed by atoms with Gasteiger partial charge in [-0.2, -0.15) is 20.2 Å². The average Bonchev–Trinajstić information content (AvgIpc) is 2.99. The number of aryl methyl sites for hydroxylation is 1. The van der Waals surface area contributed by atoms with Gasteiger partial charge in [-0.3, -0.25) is 5.10 Å². The minimum absolute atomic E-state index is 0.558. The second-order valence-electron chi connectivity index (χ2n) is 4.43. The molecule has 0 fully saturated rings. The van der Waals surface area contributed by atoms with Crippen LogP contribution in [0.15, 0.2) is 10.7 Å². The van der Waals surface area contributed by atoms with Gasteiger partial charge in [0.05, 0.1) is 27.4 Å². The Bertz CT molecular complexity index is 774. The molecule has 0 bridgehead atoms. The lowest BCUT2D eigenvalue weighted by molar-refractivity contribution is 0.810. The minimum atomic E-state index is 0.558. The molecule has 20 heavy (non-hydrogen) atoms. The number of rotatable bonds is 3. The summed E-state index contributed by atoms with van der Waals surface area (Å²) in [4.78, 5) is 8.92. The fraction of sp³-hybridized carbons (Fsp3) is 0.333. The van der Waals surface area contributed by atoms with Gasteiger partial charge in [0, 0.05) is 6.54 Å². The first-order valence-corrected chi connectivity index (χ1v) is 7.08. The Kier molecular flexibility index (Phi) is 3.17. The zero-order valence-electron chi connectivity index (χ0n) is 11.4. The smallest absolute Gasteiger partial charge is 0.226 e. The molecule has 0 saturated heterocycles. The standard InChI is InChI=1S/C12H14BrN7/c1-4-14-12-16-10-8(5-15-18-10)11(17-12)20-7(3)9(13)6(2)19-20/h5H,4H2,1-3H3,(H2,14,15,16,17,18). The number of nitrogens with zero attached hydrogens (tertiary/aromatic N) is 5. The SMILES string of the molecule is CCNc1nc(-n2nc(C)c(Br)c2C)c2cn[nH]c2n1. The number of halogens is 1. The Balaban J connectivity index is 2.28. The van der Waals surface area contributed by atoms with Crippen LogP contribution in [0.2, 0.25) is 0 Å². The van der Waals surface area contributed by atoms with E-state index in [1.54, 1.807) is 10.9 Å². The van der Waals surface area contributed by atoms with E-state index >= 15 is 0 Å². The molecule has 0 aliphatic rings. The number of aromatic amines is 1. The van der Waals surface area contributed by atoms with Crippen molar-refractivity contribution >= 4 is 32.9 Å². The first kappa shape index (κ1) is 13.0. The van der Waals surface area contributed by atoms with E-state index in [0.717, 1.165) is 27.8 Å². The molecule has 0 spiro atoms. The summed E-state index contributed by atoms with van der Waals surface area (Å²) in [7, 11) is 0. The number of aromatic nitrogens is 6. The van der Waals surface area contributed by atoms with E-state index in [9.17, 15) is 0 Å². The molecule has 3 heterocycles. The summed E-state index contributed by atoms with van der Waals surface area (Å²) in [6.45, 7) is 6.69. The Morgan fingerprint density at radius 2 is 2.15 bits per heavy atom. The van der Waals surface area contributed by atoms with E-state index in [1.807, 2.05) is 20.8 Å². The first-order chi connectivity index (χ1) is 9.61. The lowest BCUT2D eigenvalue weighted by atomic mass is 10.3. The summed E-state index contributed by atoms with van der Waals surface area (Å²) in [5.74, 6) is 1.27. The van der Waals surface area contributed by atoms with Gasteiger partial charge in [-0.05, 0) is 36.7 Å². The zero-order valence-corrected chi connectivity index (χ0v) is 13.0. The molecule has 0 radical (unpaired) electrons. The summed E-state index contributed by atoms with van der Waals surface area (Å²) < 4.78 is 2.79. The highest BCUT2D eigenvalue weighted by molar-refractivity contribution is 9.10. The van der Waals surface area contributed by atoms with Crippen molar-refractivity contribution in [2.24, 2.45) is 0 Å². The predicted octanol–water partition coefficient (Wildman–Crippen LogP) is 2.35. The van der Waals surface area contributed by atoms with Gasteiger partial charge >= 0.3 is 0 Å². The third-order valence-corrected chi connectivity index (χ3v) is 4.18. The fourth-order valence-electron chi connectivity index (χ4n) is 2.05. The Labute approximate surface area is 123 Å². The highest BCUT2D eigenvalue weighted by Crippen LogP contribution is 2.25. The highest BCUT2D eigenvalue weighted by Gasteiger charge is 2.16. The molecule has 0 aliphatic carbocycles. The average molecular weight is 336 g/mol. The van der Waals surface area contributed by atoms with Crippen molar-refractivity contribution in [3.8, 4) is 5.82 Å². The molecule has 0 amide bonds. The number of hydrogen-bond acceptors (Lipinski definition) is 5. The van der Waals surface area contributed by atoms with Crippen molar-refractivity contribution in [3.05, 3.63) is 22.1 Å². The van der Waals surface area contributed by atoms with Crippen LogP contribution in [0.5, 0.6) is 0 Å². The third kappa shape index (κ3) is 1.96. The van der Waals surface area contributed by atoms with Crippen molar-refractivity contribution in [2.75, 3.05) is 11.9 Å². The van der Waals surface area contributed by atoms with E-state index < -0.39 is 0 Å². The van der Waals surface area contributed by atoms with Gasteiger partial charge in [-0.1, -0.05) is 0 Å². The second-order valence-corrected chi connectivity index (χ2v) is 5.22. The molecule has 8 heteroatoms. The molecule has 104 valence electrons. The minimum Gasteiger partial charge on any atom is -0.354 e. The number of fused-ring (bicyclic) bond motifs is 1. The number of nitrogens with one attached hydrogen (secondary N) is 2. The normalized spacial score (nSPS) is 11.2. The maximum Gasteiger partial charge on any atom is 0.226 e. The van der Waals surface area contributed by atoms with Crippen LogP contribution >= 0.6 is 15.9 Å². The molecule has 0 aromatic carbocycles. The van der Waals surface area contributed by atoms with E-state index in [0.29, 0.717) is 17.4 Å². The Hall–Kier alpha value is -1.96. The summed E-state index contributed by atoms with van der Waals surface area (Å²) in [5, 5.41) is 15.4. The molecule has 0 saturated carbocycles. The molecule has 0 atom stereocenters. The quantitative estimate of drug-likeness (QED) is 0.767. The number of anilines is 1. The zero-order chi connectivity index (χ0) is 14.3. The Morgan fingerprint density at radius 1 is 1.35 bits per heavy atom. The molecule has 3 aromatic rings. The first-order valence-electron chi connectivity index (χ1n) is 6.29. The van der Waals surface area contributed by atoms with Crippen LogP contribution in [-0.4, -0.2) is 36.5 Å². The van der Waals surface area contributed by atoms with Crippen LogP contribution in [0.4, 0.5) is 5.95 Å². The molecule has 0 unspecified atom stereocenters. The number of H-pyrrole nitrogens is 1. The highest BCUT2D eigenvalue weighted by atomic mass is 79.9. The van der Waals surface area contributed by atoms with Crippen LogP contribution in [0, 0.1) is 13.8 Å². The summed E-state index contributed by atoms with van der Waals surface area (Å²) >= 11 is 3.54. The van der Waals surface area contributed by atoms with Crippen molar-refractivity contribution in [3.63, 3.8) is 0 Å². The maximum absolute atomic E-state index is 4.55. The molecule has 2 N–H and O–H groups in total. The fourth-order valence-corrected chi connectivity index (χ4v) is 2.30.